The molecule has 1 aliphatic heterocycles. The largest absolute Gasteiger partial charge is 0.349 e. The van der Waals surface area contributed by atoms with E-state index in [1.54, 1.807) is 26.1 Å². The number of imide groups is 1. The van der Waals surface area contributed by atoms with Gasteiger partial charge in [0.25, 0.3) is 5.91 Å². The van der Waals surface area contributed by atoms with Gasteiger partial charge in [0.15, 0.2) is 6.23 Å². The number of halogens is 1. The maximum Gasteiger partial charge on any atom is 0.323 e. The number of hydrogen-bond donors (Lipinski definition) is 2. The van der Waals surface area contributed by atoms with Crippen molar-refractivity contribution in [2.75, 3.05) is 0 Å². The minimum absolute atomic E-state index is 0.625. The molecule has 2 N–H and O–H groups in total. The molecule has 0 bridgehead atoms. The second-order valence-corrected chi connectivity index (χ2v) is 4.02. The zero-order chi connectivity index (χ0) is 10.9. The molecule has 14 heavy (non-hydrogen) atoms. The smallest absolute Gasteiger partial charge is 0.323 e. The lowest BCUT2D eigenvalue weighted by molar-refractivity contribution is -0.144. The third kappa shape index (κ3) is 2.66. The van der Waals surface area contributed by atoms with Crippen molar-refractivity contribution in [3.05, 3.63) is 0 Å². The molecule has 1 aliphatic rings. The summed E-state index contributed by atoms with van der Waals surface area (Å²) in [5, 5.41) is 3.99. The first-order valence-electron chi connectivity index (χ1n) is 4.23. The standard InChI is InChI=1S/C8H13FN2O3/c1-8(2,3)14-6-4(9)5(12)10-7(13)11-6/h4,6H,1-3H3,(H2,10,11,12,13)/t4-,6-/m1/s1. The van der Waals surface area contributed by atoms with Crippen LogP contribution in [0.25, 0.3) is 0 Å². The fraction of sp³-hybridized carbons (Fsp3) is 0.750. The molecule has 5 nitrogen and oxygen atoms in total. The molecule has 0 aromatic carbocycles. The predicted octanol–water partition coefficient (Wildman–Crippen LogP) is 0.305. The first kappa shape index (κ1) is 10.9. The van der Waals surface area contributed by atoms with E-state index in [-0.39, 0.29) is 0 Å². The number of urea groups is 1. The molecule has 0 radical (unpaired) electrons. The highest BCUT2D eigenvalue weighted by Crippen LogP contribution is 2.15. The van der Waals surface area contributed by atoms with Crippen LogP contribution in [0, 0.1) is 0 Å². The Morgan fingerprint density at radius 3 is 2.43 bits per heavy atom. The van der Waals surface area contributed by atoms with Crippen LogP contribution in [0.3, 0.4) is 0 Å². The summed E-state index contributed by atoms with van der Waals surface area (Å²) in [4.78, 5) is 21.7. The number of carbonyl (C=O) groups is 2. The number of nitrogens with one attached hydrogen (secondary N) is 2. The zero-order valence-electron chi connectivity index (χ0n) is 8.26. The average molecular weight is 204 g/mol. The monoisotopic (exact) mass is 204 g/mol. The van der Waals surface area contributed by atoms with Gasteiger partial charge in [-0.1, -0.05) is 0 Å². The Morgan fingerprint density at radius 1 is 1.36 bits per heavy atom. The number of rotatable bonds is 1. The van der Waals surface area contributed by atoms with E-state index in [1.165, 1.54) is 0 Å². The molecule has 0 spiro atoms. The van der Waals surface area contributed by atoms with E-state index in [0.717, 1.165) is 0 Å². The quantitative estimate of drug-likeness (QED) is 0.645. The summed E-state index contributed by atoms with van der Waals surface area (Å²) in [6, 6.07) is -0.738. The third-order valence-corrected chi connectivity index (χ3v) is 1.51. The molecule has 3 amide bonds. The predicted molar refractivity (Wildman–Crippen MR) is 46.2 cm³/mol. The normalized spacial score (nSPS) is 28.3. The molecule has 0 unspecified atom stereocenters. The second kappa shape index (κ2) is 3.53. The lowest BCUT2D eigenvalue weighted by atomic mass is 10.2. The molecule has 1 heterocycles. The molecule has 6 heteroatoms. The van der Waals surface area contributed by atoms with Crippen LogP contribution >= 0.6 is 0 Å². The van der Waals surface area contributed by atoms with Gasteiger partial charge in [0.1, 0.15) is 0 Å². The van der Waals surface area contributed by atoms with Gasteiger partial charge < -0.3 is 10.1 Å². The van der Waals surface area contributed by atoms with Gasteiger partial charge in [-0.05, 0) is 20.8 Å². The summed E-state index contributed by atoms with van der Waals surface area (Å²) in [5.41, 5.74) is -0.625. The Bertz CT molecular complexity index is 262. The van der Waals surface area contributed by atoms with Crippen LogP contribution in [0.15, 0.2) is 0 Å². The summed E-state index contributed by atoms with van der Waals surface area (Å²) < 4.78 is 18.4. The Balaban J connectivity index is 2.67. The van der Waals surface area contributed by atoms with Crippen molar-refractivity contribution in [3.8, 4) is 0 Å². The van der Waals surface area contributed by atoms with Crippen LogP contribution < -0.4 is 10.6 Å². The van der Waals surface area contributed by atoms with E-state index in [9.17, 15) is 14.0 Å². The van der Waals surface area contributed by atoms with Gasteiger partial charge in [-0.2, -0.15) is 0 Å². The summed E-state index contributed by atoms with van der Waals surface area (Å²) in [5.74, 6) is -0.969. The average Bonchev–Trinajstić information content (AvgIpc) is 1.96. The van der Waals surface area contributed by atoms with Crippen LogP contribution in [-0.2, 0) is 9.53 Å². The number of amides is 3. The Morgan fingerprint density at radius 2 is 1.93 bits per heavy atom. The molecule has 0 aromatic rings. The molecule has 1 rings (SSSR count). The van der Waals surface area contributed by atoms with Crippen LogP contribution in [0.4, 0.5) is 9.18 Å². The molecule has 80 valence electrons. The fourth-order valence-electron chi connectivity index (χ4n) is 1.03. The first-order chi connectivity index (χ1) is 6.29. The molecule has 1 saturated heterocycles. The number of hydrogen-bond acceptors (Lipinski definition) is 3. The van der Waals surface area contributed by atoms with Crippen molar-refractivity contribution in [2.45, 2.75) is 38.8 Å². The van der Waals surface area contributed by atoms with Crippen LogP contribution in [-0.4, -0.2) is 29.9 Å². The topological polar surface area (TPSA) is 67.4 Å². The van der Waals surface area contributed by atoms with Gasteiger partial charge >= 0.3 is 6.03 Å². The van der Waals surface area contributed by atoms with Gasteiger partial charge in [0, 0.05) is 0 Å². The van der Waals surface area contributed by atoms with Gasteiger partial charge in [-0.3, -0.25) is 10.1 Å². The van der Waals surface area contributed by atoms with Gasteiger partial charge in [0.2, 0.25) is 6.17 Å². The molecular formula is C8H13FN2O3. The second-order valence-electron chi connectivity index (χ2n) is 4.02. The van der Waals surface area contributed by atoms with Crippen LogP contribution in [0.5, 0.6) is 0 Å². The summed E-state index contributed by atoms with van der Waals surface area (Å²) in [6.45, 7) is 5.12. The summed E-state index contributed by atoms with van der Waals surface area (Å²) in [7, 11) is 0. The summed E-state index contributed by atoms with van der Waals surface area (Å²) >= 11 is 0. The maximum absolute atomic E-state index is 13.2. The van der Waals surface area contributed by atoms with Crippen molar-refractivity contribution in [3.63, 3.8) is 0 Å². The maximum atomic E-state index is 13.2. The van der Waals surface area contributed by atoms with Gasteiger partial charge in [-0.25, -0.2) is 9.18 Å². The van der Waals surface area contributed by atoms with E-state index in [4.69, 9.17) is 4.74 Å². The van der Waals surface area contributed by atoms with E-state index in [0.29, 0.717) is 0 Å². The van der Waals surface area contributed by atoms with Crippen molar-refractivity contribution in [1.29, 1.82) is 0 Å². The molecule has 0 aromatic heterocycles. The van der Waals surface area contributed by atoms with Crippen molar-refractivity contribution in [2.24, 2.45) is 0 Å². The number of ether oxygens (including phenoxy) is 1. The lowest BCUT2D eigenvalue weighted by Crippen LogP contribution is -2.61. The molecule has 2 atom stereocenters. The minimum atomic E-state index is -1.87. The highest BCUT2D eigenvalue weighted by atomic mass is 19.1. The van der Waals surface area contributed by atoms with Crippen LogP contribution in [0.2, 0.25) is 0 Å². The highest BCUT2D eigenvalue weighted by Gasteiger charge is 2.38. The Hall–Kier alpha value is -1.17. The van der Waals surface area contributed by atoms with E-state index in [1.807, 2.05) is 0 Å². The lowest BCUT2D eigenvalue weighted by Gasteiger charge is -2.32. The van der Waals surface area contributed by atoms with Crippen molar-refractivity contribution >= 4 is 11.9 Å². The molecule has 0 saturated carbocycles. The number of carbonyl (C=O) groups excluding carboxylic acids is 2. The van der Waals surface area contributed by atoms with Gasteiger partial charge in [0.05, 0.1) is 5.60 Å². The van der Waals surface area contributed by atoms with Crippen LogP contribution in [0.1, 0.15) is 20.8 Å². The fourth-order valence-corrected chi connectivity index (χ4v) is 1.03. The minimum Gasteiger partial charge on any atom is -0.349 e. The SMILES string of the molecule is CC(C)(C)O[C@H]1NC(=O)NC(=O)[C@H]1F. The molecule has 1 fully saturated rings. The van der Waals surface area contributed by atoms with Crippen molar-refractivity contribution < 1.29 is 18.7 Å². The molecule has 0 aliphatic carbocycles. The highest BCUT2D eigenvalue weighted by molar-refractivity contribution is 5.99. The first-order valence-corrected chi connectivity index (χ1v) is 4.23. The third-order valence-electron chi connectivity index (χ3n) is 1.51. The van der Waals surface area contributed by atoms with E-state index < -0.39 is 29.9 Å². The van der Waals surface area contributed by atoms with Gasteiger partial charge in [-0.15, -0.1) is 0 Å². The Kier molecular flexibility index (Phi) is 2.75. The summed E-state index contributed by atoms with van der Waals surface area (Å²) in [6.07, 6.45) is -3.08. The Labute approximate surface area is 81.0 Å². The zero-order valence-corrected chi connectivity index (χ0v) is 8.26. The van der Waals surface area contributed by atoms with E-state index >= 15 is 0 Å². The van der Waals surface area contributed by atoms with Crippen molar-refractivity contribution in [1.82, 2.24) is 10.6 Å². The molecular weight excluding hydrogens is 191 g/mol. The van der Waals surface area contributed by atoms with E-state index in [2.05, 4.69) is 5.32 Å². The number of alkyl halides is 1.